The van der Waals surface area contributed by atoms with Crippen LogP contribution in [0.15, 0.2) is 24.3 Å². The molecular formula is C18H22ClNO3. The minimum absolute atomic E-state index is 0.0164. The third kappa shape index (κ3) is 3.52. The number of carbonyl (C=O) groups excluding carboxylic acids is 2. The first-order chi connectivity index (χ1) is 11.1. The Labute approximate surface area is 141 Å². The molecule has 0 bridgehead atoms. The number of hydrogen-bond donors (Lipinski definition) is 0. The van der Waals surface area contributed by atoms with E-state index in [-0.39, 0.29) is 24.3 Å². The van der Waals surface area contributed by atoms with Gasteiger partial charge in [-0.2, -0.15) is 0 Å². The lowest BCUT2D eigenvalue weighted by atomic mass is 9.90. The Morgan fingerprint density at radius 1 is 1.17 bits per heavy atom. The van der Waals surface area contributed by atoms with Crippen molar-refractivity contribution in [1.29, 1.82) is 0 Å². The summed E-state index contributed by atoms with van der Waals surface area (Å²) in [7, 11) is 1.86. The van der Waals surface area contributed by atoms with E-state index in [2.05, 4.69) is 0 Å². The highest BCUT2D eigenvalue weighted by atomic mass is 35.5. The van der Waals surface area contributed by atoms with Crippen molar-refractivity contribution in [3.05, 3.63) is 34.9 Å². The molecule has 0 aromatic heterocycles. The zero-order valence-corrected chi connectivity index (χ0v) is 14.1. The molecule has 23 heavy (non-hydrogen) atoms. The van der Waals surface area contributed by atoms with Crippen molar-refractivity contribution < 1.29 is 14.3 Å². The number of nitrogens with zero attached hydrogens (tertiary/aromatic N) is 1. The molecule has 1 aromatic rings. The van der Waals surface area contributed by atoms with Crippen LogP contribution in [0.3, 0.4) is 0 Å². The summed E-state index contributed by atoms with van der Waals surface area (Å²) in [4.78, 5) is 26.5. The number of rotatable bonds is 3. The predicted octanol–water partition coefficient (Wildman–Crippen LogP) is 3.74. The van der Waals surface area contributed by atoms with Gasteiger partial charge in [0.25, 0.3) is 0 Å². The van der Waals surface area contributed by atoms with Crippen LogP contribution in [-0.2, 0) is 14.3 Å². The monoisotopic (exact) mass is 335 g/mol. The summed E-state index contributed by atoms with van der Waals surface area (Å²) in [6, 6.07) is 7.46. The van der Waals surface area contributed by atoms with E-state index in [1.807, 2.05) is 24.1 Å². The smallest absolute Gasteiger partial charge is 0.307 e. The summed E-state index contributed by atoms with van der Waals surface area (Å²) in [6.45, 7) is 0. The molecule has 1 saturated heterocycles. The van der Waals surface area contributed by atoms with Crippen molar-refractivity contribution in [2.75, 3.05) is 7.05 Å². The van der Waals surface area contributed by atoms with Crippen LogP contribution >= 0.6 is 11.6 Å². The van der Waals surface area contributed by atoms with E-state index in [4.69, 9.17) is 16.3 Å². The largest absolute Gasteiger partial charge is 0.457 e. The number of amides is 1. The molecule has 0 radical (unpaired) electrons. The Morgan fingerprint density at radius 3 is 2.48 bits per heavy atom. The molecule has 0 unspecified atom stereocenters. The number of cyclic esters (lactones) is 1. The molecule has 2 fully saturated rings. The van der Waals surface area contributed by atoms with Crippen LogP contribution in [0, 0.1) is 5.92 Å². The quantitative estimate of drug-likeness (QED) is 0.791. The first-order valence-electron chi connectivity index (χ1n) is 8.28. The number of benzene rings is 1. The fourth-order valence-corrected chi connectivity index (χ4v) is 3.76. The summed E-state index contributed by atoms with van der Waals surface area (Å²) in [5.41, 5.74) is 0.829. The molecule has 5 heteroatoms. The summed E-state index contributed by atoms with van der Waals surface area (Å²) >= 11 is 5.92. The predicted molar refractivity (Wildman–Crippen MR) is 88.0 cm³/mol. The maximum atomic E-state index is 12.9. The normalized spacial score (nSPS) is 25.2. The molecule has 2 aliphatic rings. The van der Waals surface area contributed by atoms with E-state index in [0.29, 0.717) is 5.02 Å². The highest BCUT2D eigenvalue weighted by Gasteiger charge is 2.43. The first-order valence-corrected chi connectivity index (χ1v) is 8.65. The molecule has 1 aliphatic heterocycles. The maximum Gasteiger partial charge on any atom is 0.307 e. The van der Waals surface area contributed by atoms with Gasteiger partial charge in [-0.15, -0.1) is 0 Å². The third-order valence-electron chi connectivity index (χ3n) is 5.00. The van der Waals surface area contributed by atoms with Gasteiger partial charge in [0, 0.05) is 18.1 Å². The van der Waals surface area contributed by atoms with E-state index >= 15 is 0 Å². The highest BCUT2D eigenvalue weighted by molar-refractivity contribution is 6.30. The van der Waals surface area contributed by atoms with Crippen molar-refractivity contribution in [3.63, 3.8) is 0 Å². The van der Waals surface area contributed by atoms with Gasteiger partial charge in [-0.3, -0.25) is 9.59 Å². The lowest BCUT2D eigenvalue weighted by Gasteiger charge is -2.33. The molecule has 1 amide bonds. The molecule has 0 spiro atoms. The van der Waals surface area contributed by atoms with Crippen molar-refractivity contribution in [2.24, 2.45) is 5.92 Å². The average molecular weight is 336 g/mol. The van der Waals surface area contributed by atoms with Crippen LogP contribution in [0.4, 0.5) is 0 Å². The Morgan fingerprint density at radius 2 is 1.83 bits per heavy atom. The van der Waals surface area contributed by atoms with Crippen LogP contribution < -0.4 is 0 Å². The molecule has 0 N–H and O–H groups in total. The second-order valence-corrected chi connectivity index (χ2v) is 6.95. The first kappa shape index (κ1) is 16.3. The maximum absolute atomic E-state index is 12.9. The highest BCUT2D eigenvalue weighted by Crippen LogP contribution is 2.37. The van der Waals surface area contributed by atoms with E-state index in [1.165, 1.54) is 19.3 Å². The zero-order chi connectivity index (χ0) is 16.4. The van der Waals surface area contributed by atoms with Crippen LogP contribution in [0.1, 0.15) is 50.2 Å². The van der Waals surface area contributed by atoms with Gasteiger partial charge in [0.15, 0.2) is 0 Å². The number of halogens is 1. The lowest BCUT2D eigenvalue weighted by Crippen LogP contribution is -2.42. The van der Waals surface area contributed by atoms with Crippen LogP contribution in [0.5, 0.6) is 0 Å². The third-order valence-corrected chi connectivity index (χ3v) is 5.25. The zero-order valence-electron chi connectivity index (χ0n) is 13.3. The van der Waals surface area contributed by atoms with Gasteiger partial charge >= 0.3 is 5.97 Å². The Balaban J connectivity index is 1.77. The molecule has 4 nitrogen and oxygen atoms in total. The molecule has 124 valence electrons. The van der Waals surface area contributed by atoms with Gasteiger partial charge in [-0.25, -0.2) is 0 Å². The molecule has 1 heterocycles. The van der Waals surface area contributed by atoms with E-state index in [1.54, 1.807) is 12.1 Å². The van der Waals surface area contributed by atoms with Crippen molar-refractivity contribution >= 4 is 23.5 Å². The number of hydrogen-bond acceptors (Lipinski definition) is 3. The SMILES string of the molecule is CN(C(=O)[C@@H]1CC(=O)O[C@H]1c1ccc(Cl)cc1)C1CCCCC1. The Bertz CT molecular complexity index is 580. The number of carbonyl (C=O) groups is 2. The number of ether oxygens (including phenoxy) is 1. The lowest BCUT2D eigenvalue weighted by molar-refractivity contribution is -0.142. The minimum atomic E-state index is -0.502. The summed E-state index contributed by atoms with van der Waals surface area (Å²) in [6.07, 6.45) is 5.34. The Kier molecular flexibility index (Phi) is 4.90. The van der Waals surface area contributed by atoms with Gasteiger partial charge in [0.1, 0.15) is 6.10 Å². The van der Waals surface area contributed by atoms with E-state index < -0.39 is 12.0 Å². The van der Waals surface area contributed by atoms with Crippen LogP contribution in [0.2, 0.25) is 5.02 Å². The molecule has 3 rings (SSSR count). The number of esters is 1. The summed E-state index contributed by atoms with van der Waals surface area (Å²) in [5.74, 6) is -0.723. The van der Waals surface area contributed by atoms with Crippen LogP contribution in [0.25, 0.3) is 0 Å². The molecule has 2 atom stereocenters. The van der Waals surface area contributed by atoms with Gasteiger partial charge in [-0.05, 0) is 30.5 Å². The fraction of sp³-hybridized carbons (Fsp3) is 0.556. The summed E-state index contributed by atoms with van der Waals surface area (Å²) < 4.78 is 5.43. The van der Waals surface area contributed by atoms with Gasteiger partial charge in [-0.1, -0.05) is 43.0 Å². The topological polar surface area (TPSA) is 46.6 Å². The van der Waals surface area contributed by atoms with Crippen LogP contribution in [-0.4, -0.2) is 29.9 Å². The van der Waals surface area contributed by atoms with Gasteiger partial charge in [0.2, 0.25) is 5.91 Å². The van der Waals surface area contributed by atoms with E-state index in [9.17, 15) is 9.59 Å². The fourth-order valence-electron chi connectivity index (χ4n) is 3.64. The van der Waals surface area contributed by atoms with Crippen molar-refractivity contribution in [3.8, 4) is 0 Å². The minimum Gasteiger partial charge on any atom is -0.457 e. The van der Waals surface area contributed by atoms with Gasteiger partial charge < -0.3 is 9.64 Å². The molecular weight excluding hydrogens is 314 g/mol. The second-order valence-electron chi connectivity index (χ2n) is 6.51. The van der Waals surface area contributed by atoms with E-state index in [0.717, 1.165) is 18.4 Å². The van der Waals surface area contributed by atoms with Crippen molar-refractivity contribution in [1.82, 2.24) is 4.90 Å². The Hall–Kier alpha value is -1.55. The molecule has 1 aliphatic carbocycles. The molecule has 1 aromatic carbocycles. The molecule has 1 saturated carbocycles. The standard InChI is InChI=1S/C18H22ClNO3/c1-20(14-5-3-2-4-6-14)18(22)15-11-16(21)23-17(15)12-7-9-13(19)10-8-12/h7-10,14-15,17H,2-6,11H2,1H3/t15-,17+/m1/s1. The van der Waals surface area contributed by atoms with Gasteiger partial charge in [0.05, 0.1) is 12.3 Å². The average Bonchev–Trinajstić information content (AvgIpc) is 2.97. The summed E-state index contributed by atoms with van der Waals surface area (Å²) in [5, 5.41) is 0.625. The van der Waals surface area contributed by atoms with Crippen molar-refractivity contribution in [2.45, 2.75) is 50.7 Å². The second kappa shape index (κ2) is 6.91.